The molecule has 0 atom stereocenters. The molecule has 0 saturated carbocycles. The van der Waals surface area contributed by atoms with Gasteiger partial charge in [0.1, 0.15) is 11.5 Å². The van der Waals surface area contributed by atoms with Crippen molar-refractivity contribution in [3.63, 3.8) is 0 Å². The molecule has 1 aromatic heterocycles. The molecule has 0 unspecified atom stereocenters. The lowest BCUT2D eigenvalue weighted by Gasteiger charge is -2.33. The van der Waals surface area contributed by atoms with E-state index in [1.54, 1.807) is 24.3 Å². The van der Waals surface area contributed by atoms with E-state index >= 15 is 0 Å². The van der Waals surface area contributed by atoms with Gasteiger partial charge in [-0.2, -0.15) is 39.5 Å². The number of unbranched alkanes of at least 4 members (excludes halogenated alkanes) is 6. The van der Waals surface area contributed by atoms with E-state index in [-0.39, 0.29) is 17.9 Å². The first-order valence-electron chi connectivity index (χ1n) is 14.9. The van der Waals surface area contributed by atoms with Crippen LogP contribution in [0.3, 0.4) is 0 Å². The number of hydrogen-bond donors (Lipinski definition) is 2. The Morgan fingerprint density at radius 1 is 0.667 bits per heavy atom. The summed E-state index contributed by atoms with van der Waals surface area (Å²) in [5, 5.41) is 20.7. The SMILES string of the molecule is Cc1c(-c2ccc(O)cc2)n(CCCCCCN(C)CCCCCCC(F)(F)C(F)(F)C(F)(F)C(F)(F)F)c2ccc(O)cc12. The van der Waals surface area contributed by atoms with Crippen molar-refractivity contribution in [2.45, 2.75) is 95.2 Å². The maximum atomic E-state index is 13.6. The van der Waals surface area contributed by atoms with Crippen LogP contribution in [0.4, 0.5) is 39.5 Å². The molecule has 0 aliphatic rings. The molecular weight excluding hydrogens is 615 g/mol. The molecule has 4 nitrogen and oxygen atoms in total. The van der Waals surface area contributed by atoms with E-state index in [4.69, 9.17) is 0 Å². The van der Waals surface area contributed by atoms with Crippen LogP contribution in [0.15, 0.2) is 42.5 Å². The normalized spacial score (nSPS) is 13.3. The summed E-state index contributed by atoms with van der Waals surface area (Å²) in [6.45, 7) is 4.11. The number of rotatable bonds is 17. The fourth-order valence-corrected chi connectivity index (χ4v) is 5.50. The maximum absolute atomic E-state index is 13.6. The van der Waals surface area contributed by atoms with Crippen LogP contribution in [0.1, 0.15) is 63.4 Å². The van der Waals surface area contributed by atoms with E-state index in [0.717, 1.165) is 66.5 Å². The molecule has 1 heterocycles. The van der Waals surface area contributed by atoms with Gasteiger partial charge in [-0.3, -0.25) is 0 Å². The number of nitrogens with zero attached hydrogens (tertiary/aromatic N) is 2. The number of aromatic nitrogens is 1. The second-order valence-electron chi connectivity index (χ2n) is 11.6. The molecule has 0 bridgehead atoms. The van der Waals surface area contributed by atoms with Gasteiger partial charge in [0.2, 0.25) is 0 Å². The largest absolute Gasteiger partial charge is 0.508 e. The van der Waals surface area contributed by atoms with E-state index < -0.39 is 36.8 Å². The summed E-state index contributed by atoms with van der Waals surface area (Å²) in [7, 11) is 1.88. The standard InChI is InChI=1S/C32H39F9N2O2/c1-22-26-21-25(45)15-16-27(26)43(28(22)23-11-13-24(44)14-12-23)20-10-6-5-9-19-42(2)18-8-4-3-7-17-29(33,34)30(35,36)31(37,38)32(39,40)41/h11-16,21,44-45H,3-10,17-20H2,1-2H3. The molecule has 0 radical (unpaired) electrons. The van der Waals surface area contributed by atoms with Gasteiger partial charge in [0.15, 0.2) is 0 Å². The van der Waals surface area contributed by atoms with Crippen LogP contribution in [0, 0.1) is 6.92 Å². The van der Waals surface area contributed by atoms with Gasteiger partial charge in [0.05, 0.1) is 5.69 Å². The van der Waals surface area contributed by atoms with Crippen LogP contribution in [0.5, 0.6) is 11.5 Å². The van der Waals surface area contributed by atoms with Crippen LogP contribution in [0.2, 0.25) is 0 Å². The average molecular weight is 655 g/mol. The summed E-state index contributed by atoms with van der Waals surface area (Å²) < 4.78 is 119. The van der Waals surface area contributed by atoms with Crippen molar-refractivity contribution in [3.8, 4) is 22.8 Å². The van der Waals surface area contributed by atoms with Crippen LogP contribution >= 0.6 is 0 Å². The smallest absolute Gasteiger partial charge is 0.460 e. The number of phenolic OH excluding ortho intramolecular Hbond substituents is 2. The quantitative estimate of drug-likeness (QED) is 0.113. The van der Waals surface area contributed by atoms with E-state index in [1.165, 1.54) is 0 Å². The lowest BCUT2D eigenvalue weighted by Crippen LogP contribution is -2.60. The van der Waals surface area contributed by atoms with Crippen molar-refractivity contribution in [2.75, 3.05) is 20.1 Å². The topological polar surface area (TPSA) is 48.6 Å². The molecule has 3 rings (SSSR count). The molecule has 0 aliphatic carbocycles. The van der Waals surface area contributed by atoms with Gasteiger partial charge < -0.3 is 19.7 Å². The van der Waals surface area contributed by atoms with E-state index in [0.29, 0.717) is 19.4 Å². The highest BCUT2D eigenvalue weighted by atomic mass is 19.4. The monoisotopic (exact) mass is 654 g/mol. The third-order valence-electron chi connectivity index (χ3n) is 8.10. The minimum atomic E-state index is -6.83. The lowest BCUT2D eigenvalue weighted by atomic mass is 9.98. The number of fused-ring (bicyclic) bond motifs is 1. The number of phenols is 2. The number of aryl methyl sites for hydroxylation is 2. The Morgan fingerprint density at radius 2 is 1.20 bits per heavy atom. The minimum absolute atomic E-state index is 0.00357. The van der Waals surface area contributed by atoms with Crippen molar-refractivity contribution in [1.82, 2.24) is 9.47 Å². The Balaban J connectivity index is 1.38. The number of benzene rings is 2. The van der Waals surface area contributed by atoms with Crippen molar-refractivity contribution >= 4 is 10.9 Å². The van der Waals surface area contributed by atoms with Crippen molar-refractivity contribution in [3.05, 3.63) is 48.0 Å². The first-order chi connectivity index (χ1) is 20.9. The van der Waals surface area contributed by atoms with E-state index in [1.807, 2.05) is 37.1 Å². The average Bonchev–Trinajstić information content (AvgIpc) is 3.22. The molecule has 0 aliphatic heterocycles. The fourth-order valence-electron chi connectivity index (χ4n) is 5.50. The molecule has 2 N–H and O–H groups in total. The Morgan fingerprint density at radius 3 is 1.78 bits per heavy atom. The molecule has 2 aromatic carbocycles. The van der Waals surface area contributed by atoms with Gasteiger partial charge in [0, 0.05) is 23.9 Å². The van der Waals surface area contributed by atoms with Gasteiger partial charge in [-0.15, -0.1) is 0 Å². The predicted octanol–water partition coefficient (Wildman–Crippen LogP) is 9.94. The number of aromatic hydroxyl groups is 2. The summed E-state index contributed by atoms with van der Waals surface area (Å²) >= 11 is 0. The zero-order chi connectivity index (χ0) is 33.6. The third-order valence-corrected chi connectivity index (χ3v) is 8.10. The van der Waals surface area contributed by atoms with Gasteiger partial charge >= 0.3 is 23.9 Å². The van der Waals surface area contributed by atoms with Crippen molar-refractivity contribution in [2.24, 2.45) is 0 Å². The highest BCUT2D eigenvalue weighted by molar-refractivity contribution is 5.92. The van der Waals surface area contributed by atoms with Crippen LogP contribution < -0.4 is 0 Å². The number of halogens is 9. The van der Waals surface area contributed by atoms with Gasteiger partial charge in [0.25, 0.3) is 0 Å². The highest BCUT2D eigenvalue weighted by Crippen LogP contribution is 2.54. The first-order valence-corrected chi connectivity index (χ1v) is 14.9. The molecule has 45 heavy (non-hydrogen) atoms. The second-order valence-corrected chi connectivity index (χ2v) is 11.6. The first kappa shape index (κ1) is 36.4. The fraction of sp³-hybridized carbons (Fsp3) is 0.562. The molecular formula is C32H39F9N2O2. The Kier molecular flexibility index (Phi) is 11.8. The van der Waals surface area contributed by atoms with Gasteiger partial charge in [-0.05, 0) is 106 Å². The summed E-state index contributed by atoms with van der Waals surface area (Å²) in [5.41, 5.74) is 4.01. The zero-order valence-corrected chi connectivity index (χ0v) is 25.2. The molecule has 0 amide bonds. The Labute approximate surface area is 256 Å². The van der Waals surface area contributed by atoms with E-state index in [2.05, 4.69) is 4.57 Å². The Hall–Kier alpha value is -3.09. The van der Waals surface area contributed by atoms with Crippen molar-refractivity contribution < 1.29 is 49.7 Å². The minimum Gasteiger partial charge on any atom is -0.508 e. The molecule has 0 spiro atoms. The predicted molar refractivity (Wildman–Crippen MR) is 155 cm³/mol. The van der Waals surface area contributed by atoms with Crippen LogP contribution in [0.25, 0.3) is 22.2 Å². The van der Waals surface area contributed by atoms with Crippen LogP contribution in [-0.4, -0.2) is 63.8 Å². The third kappa shape index (κ3) is 8.39. The van der Waals surface area contributed by atoms with Gasteiger partial charge in [-0.25, -0.2) is 0 Å². The van der Waals surface area contributed by atoms with Crippen molar-refractivity contribution in [1.29, 1.82) is 0 Å². The highest BCUT2D eigenvalue weighted by Gasteiger charge is 2.81. The van der Waals surface area contributed by atoms with E-state index in [9.17, 15) is 49.7 Å². The summed E-state index contributed by atoms with van der Waals surface area (Å²) in [5.74, 6) is -18.5. The molecule has 252 valence electrons. The number of alkyl halides is 9. The summed E-state index contributed by atoms with van der Waals surface area (Å²) in [6, 6.07) is 12.3. The maximum Gasteiger partial charge on any atom is 0.460 e. The molecule has 13 heteroatoms. The second kappa shape index (κ2) is 14.6. The lowest BCUT2D eigenvalue weighted by molar-refractivity contribution is -0.396. The van der Waals surface area contributed by atoms with Gasteiger partial charge in [-0.1, -0.05) is 25.7 Å². The molecule has 0 saturated heterocycles. The summed E-state index contributed by atoms with van der Waals surface area (Å²) in [6.07, 6.45) is -4.59. The van der Waals surface area contributed by atoms with Crippen LogP contribution in [-0.2, 0) is 6.54 Å². The zero-order valence-electron chi connectivity index (χ0n) is 25.2. The molecule has 0 fully saturated rings. The number of hydrogen-bond acceptors (Lipinski definition) is 3. The summed E-state index contributed by atoms with van der Waals surface area (Å²) in [4.78, 5) is 2.03. The molecule has 3 aromatic rings. The Bertz CT molecular complexity index is 1390.